The smallest absolute Gasteiger partial charge is 0.281 e. The molecular formula is C21H24ClN7O. The Hall–Kier alpha value is -3.02. The Morgan fingerprint density at radius 2 is 1.93 bits per heavy atom. The highest BCUT2D eigenvalue weighted by Crippen LogP contribution is 2.21. The normalized spacial score (nSPS) is 13.9. The molecule has 2 aromatic heterocycles. The van der Waals surface area contributed by atoms with Crippen LogP contribution in [0.15, 0.2) is 29.1 Å². The fourth-order valence-corrected chi connectivity index (χ4v) is 3.63. The maximum Gasteiger partial charge on any atom is 0.281 e. The summed E-state index contributed by atoms with van der Waals surface area (Å²) >= 11 is 5.95. The van der Waals surface area contributed by atoms with E-state index in [9.17, 15) is 4.79 Å². The summed E-state index contributed by atoms with van der Waals surface area (Å²) in [5.41, 5.74) is 1.80. The van der Waals surface area contributed by atoms with E-state index < -0.39 is 0 Å². The number of anilines is 2. The summed E-state index contributed by atoms with van der Waals surface area (Å²) < 4.78 is 3.41. The molecule has 0 saturated carbocycles. The molecule has 1 fully saturated rings. The Balaban J connectivity index is 1.73. The SMILES string of the molecule is CC#CCn1c(N2CCNCC2)nc2nc(NCc3ccc(Cl)cc3)n(C)c(=O)c21. The Bertz CT molecular complexity index is 1160. The number of nitrogens with one attached hydrogen (secondary N) is 2. The maximum absolute atomic E-state index is 13.2. The van der Waals surface area contributed by atoms with Crippen LogP contribution >= 0.6 is 11.6 Å². The molecule has 0 spiro atoms. The average Bonchev–Trinajstić information content (AvgIpc) is 3.14. The highest BCUT2D eigenvalue weighted by atomic mass is 35.5. The van der Waals surface area contributed by atoms with E-state index in [-0.39, 0.29) is 5.56 Å². The van der Waals surface area contributed by atoms with Crippen molar-refractivity contribution in [2.45, 2.75) is 20.0 Å². The molecule has 1 aromatic carbocycles. The number of benzene rings is 1. The molecule has 0 atom stereocenters. The third kappa shape index (κ3) is 3.99. The first-order valence-corrected chi connectivity index (χ1v) is 10.3. The molecule has 30 heavy (non-hydrogen) atoms. The summed E-state index contributed by atoms with van der Waals surface area (Å²) in [5.74, 6) is 7.19. The molecule has 0 radical (unpaired) electrons. The van der Waals surface area contributed by atoms with Crippen LogP contribution in [0, 0.1) is 11.8 Å². The molecule has 0 aliphatic carbocycles. The lowest BCUT2D eigenvalue weighted by atomic mass is 10.2. The first-order valence-electron chi connectivity index (χ1n) is 9.89. The van der Waals surface area contributed by atoms with Crippen LogP contribution in [0.3, 0.4) is 0 Å². The minimum Gasteiger partial charge on any atom is -0.351 e. The largest absolute Gasteiger partial charge is 0.351 e. The number of nitrogens with zero attached hydrogens (tertiary/aromatic N) is 5. The van der Waals surface area contributed by atoms with Gasteiger partial charge >= 0.3 is 0 Å². The summed E-state index contributed by atoms with van der Waals surface area (Å²) in [7, 11) is 1.71. The molecule has 156 valence electrons. The van der Waals surface area contributed by atoms with Crippen LogP contribution in [0.1, 0.15) is 12.5 Å². The number of aromatic nitrogens is 4. The molecule has 3 heterocycles. The number of fused-ring (bicyclic) bond motifs is 1. The minimum atomic E-state index is -0.148. The lowest BCUT2D eigenvalue weighted by Gasteiger charge is -2.28. The first-order chi connectivity index (χ1) is 14.6. The van der Waals surface area contributed by atoms with Crippen LogP contribution in [0.2, 0.25) is 5.02 Å². The van der Waals surface area contributed by atoms with Gasteiger partial charge in [0.15, 0.2) is 11.2 Å². The molecule has 1 aliphatic heterocycles. The van der Waals surface area contributed by atoms with E-state index in [4.69, 9.17) is 16.6 Å². The van der Waals surface area contributed by atoms with Gasteiger partial charge in [0.1, 0.15) is 0 Å². The van der Waals surface area contributed by atoms with E-state index in [1.807, 2.05) is 28.8 Å². The van der Waals surface area contributed by atoms with E-state index in [2.05, 4.69) is 32.4 Å². The summed E-state index contributed by atoms with van der Waals surface area (Å²) in [4.78, 5) is 24.8. The minimum absolute atomic E-state index is 0.148. The first kappa shape index (κ1) is 20.3. The molecule has 0 bridgehead atoms. The van der Waals surface area contributed by atoms with E-state index in [1.54, 1.807) is 14.0 Å². The number of hydrogen-bond acceptors (Lipinski definition) is 6. The van der Waals surface area contributed by atoms with E-state index in [0.717, 1.165) is 37.7 Å². The van der Waals surface area contributed by atoms with Gasteiger partial charge in [0.2, 0.25) is 11.9 Å². The van der Waals surface area contributed by atoms with Gasteiger partial charge < -0.3 is 15.5 Å². The number of rotatable bonds is 5. The van der Waals surface area contributed by atoms with Gasteiger partial charge in [-0.05, 0) is 24.6 Å². The Morgan fingerprint density at radius 1 is 1.20 bits per heavy atom. The second-order valence-corrected chi connectivity index (χ2v) is 7.55. The van der Waals surface area contributed by atoms with Crippen molar-refractivity contribution >= 4 is 34.7 Å². The van der Waals surface area contributed by atoms with Gasteiger partial charge in [-0.2, -0.15) is 9.97 Å². The highest BCUT2D eigenvalue weighted by molar-refractivity contribution is 6.30. The predicted octanol–water partition coefficient (Wildman–Crippen LogP) is 1.83. The molecule has 1 aliphatic rings. The van der Waals surface area contributed by atoms with E-state index in [1.165, 1.54) is 4.57 Å². The van der Waals surface area contributed by atoms with Crippen molar-refractivity contribution in [2.24, 2.45) is 7.05 Å². The molecule has 4 rings (SSSR count). The fraction of sp³-hybridized carbons (Fsp3) is 0.381. The zero-order valence-corrected chi connectivity index (χ0v) is 17.8. The van der Waals surface area contributed by atoms with Crippen LogP contribution < -0.4 is 21.1 Å². The van der Waals surface area contributed by atoms with Gasteiger partial charge in [0.25, 0.3) is 5.56 Å². The van der Waals surface area contributed by atoms with Gasteiger partial charge in [0.05, 0.1) is 6.54 Å². The third-order valence-corrected chi connectivity index (χ3v) is 5.40. The van der Waals surface area contributed by atoms with Crippen LogP contribution in [-0.2, 0) is 20.1 Å². The summed E-state index contributed by atoms with van der Waals surface area (Å²) in [6.07, 6.45) is 0. The standard InChI is InChI=1S/C21H24ClN7O/c1-3-4-11-29-17-18(26-21(29)28-12-9-23-10-13-28)25-20(27(2)19(17)30)24-14-15-5-7-16(22)8-6-15/h5-8,23H,9-14H2,1-2H3,(H,24,25). The second-order valence-electron chi connectivity index (χ2n) is 7.11. The van der Waals surface area contributed by atoms with Crippen molar-refractivity contribution in [2.75, 3.05) is 36.4 Å². The van der Waals surface area contributed by atoms with Crippen LogP contribution in [0.5, 0.6) is 0 Å². The Kier molecular flexibility index (Phi) is 5.93. The zero-order chi connectivity index (χ0) is 21.1. The summed E-state index contributed by atoms with van der Waals surface area (Å²) in [6, 6.07) is 7.55. The van der Waals surface area contributed by atoms with Crippen molar-refractivity contribution in [3.05, 3.63) is 45.2 Å². The molecule has 0 unspecified atom stereocenters. The van der Waals surface area contributed by atoms with Gasteiger partial charge in [0, 0.05) is 44.8 Å². The van der Waals surface area contributed by atoms with Gasteiger partial charge in [-0.1, -0.05) is 29.7 Å². The van der Waals surface area contributed by atoms with Crippen molar-refractivity contribution in [3.8, 4) is 11.8 Å². The second kappa shape index (κ2) is 8.78. The van der Waals surface area contributed by atoms with E-state index >= 15 is 0 Å². The third-order valence-electron chi connectivity index (χ3n) is 5.14. The number of halogens is 1. The summed E-state index contributed by atoms with van der Waals surface area (Å²) in [5, 5.41) is 7.27. The lowest BCUT2D eigenvalue weighted by molar-refractivity contribution is 0.573. The monoisotopic (exact) mass is 425 g/mol. The maximum atomic E-state index is 13.2. The van der Waals surface area contributed by atoms with Crippen molar-refractivity contribution in [3.63, 3.8) is 0 Å². The molecule has 8 nitrogen and oxygen atoms in total. The van der Waals surface area contributed by atoms with Crippen molar-refractivity contribution in [1.29, 1.82) is 0 Å². The molecule has 0 amide bonds. The van der Waals surface area contributed by atoms with Crippen LogP contribution in [0.4, 0.5) is 11.9 Å². The summed E-state index contributed by atoms with van der Waals surface area (Å²) in [6.45, 7) is 6.12. The lowest BCUT2D eigenvalue weighted by Crippen LogP contribution is -2.44. The van der Waals surface area contributed by atoms with Crippen molar-refractivity contribution < 1.29 is 0 Å². The molecule has 3 aromatic rings. The predicted molar refractivity (Wildman–Crippen MR) is 120 cm³/mol. The van der Waals surface area contributed by atoms with Gasteiger partial charge in [-0.3, -0.25) is 13.9 Å². The Morgan fingerprint density at radius 3 is 2.63 bits per heavy atom. The molecular weight excluding hydrogens is 402 g/mol. The fourth-order valence-electron chi connectivity index (χ4n) is 3.50. The number of piperazine rings is 1. The number of imidazole rings is 1. The van der Waals surface area contributed by atoms with Gasteiger partial charge in [-0.25, -0.2) is 0 Å². The Labute approximate surface area is 179 Å². The van der Waals surface area contributed by atoms with Gasteiger partial charge in [-0.15, -0.1) is 5.92 Å². The van der Waals surface area contributed by atoms with Crippen molar-refractivity contribution in [1.82, 2.24) is 24.4 Å². The van der Waals surface area contributed by atoms with E-state index in [0.29, 0.717) is 35.2 Å². The number of hydrogen-bond donors (Lipinski definition) is 2. The topological polar surface area (TPSA) is 80.0 Å². The van der Waals surface area contributed by atoms with Crippen LogP contribution in [-0.4, -0.2) is 45.3 Å². The zero-order valence-electron chi connectivity index (χ0n) is 17.1. The highest BCUT2D eigenvalue weighted by Gasteiger charge is 2.22. The molecule has 9 heteroatoms. The molecule has 1 saturated heterocycles. The average molecular weight is 426 g/mol. The van der Waals surface area contributed by atoms with Crippen LogP contribution in [0.25, 0.3) is 11.2 Å². The quantitative estimate of drug-likeness (QED) is 0.607. The molecule has 2 N–H and O–H groups in total.